The second kappa shape index (κ2) is 4.11. The molecule has 3 heteroatoms. The molecule has 1 saturated carbocycles. The average Bonchev–Trinajstić information content (AvgIpc) is 3.02. The van der Waals surface area contributed by atoms with Gasteiger partial charge in [-0.15, -0.1) is 0 Å². The van der Waals surface area contributed by atoms with Crippen LogP contribution in [-0.4, -0.2) is 47.6 Å². The average molecular weight is 207 g/mol. The molecule has 1 atom stereocenters. The SMILES string of the molecule is CCN(CC)C1(C#N)CCN(C2CC2)C1. The molecule has 1 saturated heterocycles. The summed E-state index contributed by atoms with van der Waals surface area (Å²) in [6.45, 7) is 8.38. The second-order valence-corrected chi connectivity index (χ2v) is 4.77. The highest BCUT2D eigenvalue weighted by atomic mass is 15.3. The Balaban J connectivity index is 2.06. The van der Waals surface area contributed by atoms with Crippen molar-refractivity contribution in [3.8, 4) is 6.07 Å². The third kappa shape index (κ3) is 1.89. The van der Waals surface area contributed by atoms with E-state index in [2.05, 4.69) is 29.7 Å². The lowest BCUT2D eigenvalue weighted by Crippen LogP contribution is -2.49. The quantitative estimate of drug-likeness (QED) is 0.699. The molecule has 1 aliphatic carbocycles. The zero-order valence-electron chi connectivity index (χ0n) is 9.87. The van der Waals surface area contributed by atoms with Crippen molar-refractivity contribution in [1.29, 1.82) is 5.26 Å². The van der Waals surface area contributed by atoms with Gasteiger partial charge >= 0.3 is 0 Å². The monoisotopic (exact) mass is 207 g/mol. The maximum Gasteiger partial charge on any atom is 0.123 e. The van der Waals surface area contributed by atoms with E-state index in [-0.39, 0.29) is 5.54 Å². The van der Waals surface area contributed by atoms with Crippen LogP contribution in [0, 0.1) is 11.3 Å². The van der Waals surface area contributed by atoms with Gasteiger partial charge < -0.3 is 0 Å². The van der Waals surface area contributed by atoms with Gasteiger partial charge in [0, 0.05) is 19.1 Å². The Kier molecular flexibility index (Phi) is 2.99. The third-order valence-electron chi connectivity index (χ3n) is 3.92. The number of likely N-dealkylation sites (N-methyl/N-ethyl adjacent to an activating group) is 1. The molecule has 0 aromatic heterocycles. The largest absolute Gasteiger partial charge is 0.297 e. The van der Waals surface area contributed by atoms with Crippen molar-refractivity contribution in [2.45, 2.75) is 44.7 Å². The first-order chi connectivity index (χ1) is 7.25. The standard InChI is InChI=1S/C12H21N3/c1-3-15(4-2)12(9-13)7-8-14(10-12)11-5-6-11/h11H,3-8,10H2,1-2H3. The van der Waals surface area contributed by atoms with Crippen LogP contribution >= 0.6 is 0 Å². The predicted octanol–water partition coefficient (Wildman–Crippen LogP) is 1.46. The van der Waals surface area contributed by atoms with Gasteiger partial charge in [-0.05, 0) is 32.4 Å². The lowest BCUT2D eigenvalue weighted by molar-refractivity contribution is 0.152. The highest BCUT2D eigenvalue weighted by Gasteiger charge is 2.46. The van der Waals surface area contributed by atoms with Crippen LogP contribution in [0.1, 0.15) is 33.1 Å². The van der Waals surface area contributed by atoms with E-state index in [1.54, 1.807) is 0 Å². The van der Waals surface area contributed by atoms with Gasteiger partial charge in [0.1, 0.15) is 5.54 Å². The van der Waals surface area contributed by atoms with Gasteiger partial charge in [-0.1, -0.05) is 13.8 Å². The van der Waals surface area contributed by atoms with Gasteiger partial charge in [0.2, 0.25) is 0 Å². The molecule has 0 spiro atoms. The number of nitriles is 1. The Hall–Kier alpha value is -0.590. The maximum atomic E-state index is 9.45. The molecule has 3 nitrogen and oxygen atoms in total. The topological polar surface area (TPSA) is 30.3 Å². The number of hydrogen-bond acceptors (Lipinski definition) is 3. The fourth-order valence-electron chi connectivity index (χ4n) is 2.82. The molecule has 0 amide bonds. The Labute approximate surface area is 92.7 Å². The van der Waals surface area contributed by atoms with E-state index in [4.69, 9.17) is 0 Å². The van der Waals surface area contributed by atoms with Crippen LogP contribution in [0.5, 0.6) is 0 Å². The van der Waals surface area contributed by atoms with Crippen molar-refractivity contribution in [3.63, 3.8) is 0 Å². The van der Waals surface area contributed by atoms with Crippen LogP contribution < -0.4 is 0 Å². The van der Waals surface area contributed by atoms with E-state index in [0.717, 1.165) is 38.6 Å². The van der Waals surface area contributed by atoms with Gasteiger partial charge in [0.05, 0.1) is 6.07 Å². The minimum absolute atomic E-state index is 0.188. The van der Waals surface area contributed by atoms with Gasteiger partial charge in [0.25, 0.3) is 0 Å². The van der Waals surface area contributed by atoms with E-state index < -0.39 is 0 Å². The summed E-state index contributed by atoms with van der Waals surface area (Å²) in [7, 11) is 0. The van der Waals surface area contributed by atoms with Crippen molar-refractivity contribution in [2.75, 3.05) is 26.2 Å². The highest BCUT2D eigenvalue weighted by Crippen LogP contribution is 2.35. The zero-order chi connectivity index (χ0) is 10.9. The van der Waals surface area contributed by atoms with Crippen molar-refractivity contribution in [3.05, 3.63) is 0 Å². The fourth-order valence-corrected chi connectivity index (χ4v) is 2.82. The van der Waals surface area contributed by atoms with Gasteiger partial charge in [-0.25, -0.2) is 0 Å². The summed E-state index contributed by atoms with van der Waals surface area (Å²) in [4.78, 5) is 4.84. The molecule has 15 heavy (non-hydrogen) atoms. The van der Waals surface area contributed by atoms with Crippen LogP contribution in [0.15, 0.2) is 0 Å². The first-order valence-corrected chi connectivity index (χ1v) is 6.16. The van der Waals surface area contributed by atoms with Crippen LogP contribution in [0.2, 0.25) is 0 Å². The van der Waals surface area contributed by atoms with E-state index in [1.165, 1.54) is 12.8 Å². The lowest BCUT2D eigenvalue weighted by atomic mass is 9.98. The summed E-state index contributed by atoms with van der Waals surface area (Å²) in [5, 5.41) is 9.45. The molecular weight excluding hydrogens is 186 g/mol. The number of nitrogens with zero attached hydrogens (tertiary/aromatic N) is 3. The molecule has 0 bridgehead atoms. The Bertz CT molecular complexity index is 263. The summed E-state index contributed by atoms with van der Waals surface area (Å²) >= 11 is 0. The molecule has 2 rings (SSSR count). The zero-order valence-corrected chi connectivity index (χ0v) is 9.87. The van der Waals surface area contributed by atoms with Gasteiger partial charge in [0.15, 0.2) is 0 Å². The third-order valence-corrected chi connectivity index (χ3v) is 3.92. The summed E-state index contributed by atoms with van der Waals surface area (Å²) in [6.07, 6.45) is 3.72. The molecule has 84 valence electrons. The molecule has 1 aliphatic heterocycles. The molecule has 0 radical (unpaired) electrons. The fraction of sp³-hybridized carbons (Fsp3) is 0.917. The van der Waals surface area contributed by atoms with E-state index in [0.29, 0.717) is 0 Å². The van der Waals surface area contributed by atoms with Gasteiger partial charge in [-0.2, -0.15) is 5.26 Å². The molecule has 1 unspecified atom stereocenters. The Morgan fingerprint density at radius 3 is 2.53 bits per heavy atom. The van der Waals surface area contributed by atoms with Crippen LogP contribution in [0.4, 0.5) is 0 Å². The summed E-state index contributed by atoms with van der Waals surface area (Å²) in [5.41, 5.74) is -0.188. The Morgan fingerprint density at radius 1 is 1.40 bits per heavy atom. The van der Waals surface area contributed by atoms with Gasteiger partial charge in [-0.3, -0.25) is 9.80 Å². The molecule has 0 aromatic carbocycles. The number of rotatable bonds is 4. The summed E-state index contributed by atoms with van der Waals surface area (Å²) in [5.74, 6) is 0. The smallest absolute Gasteiger partial charge is 0.123 e. The molecular formula is C12H21N3. The van der Waals surface area contributed by atoms with Crippen molar-refractivity contribution < 1.29 is 0 Å². The van der Waals surface area contributed by atoms with E-state index in [1.807, 2.05) is 0 Å². The van der Waals surface area contributed by atoms with Crippen molar-refractivity contribution >= 4 is 0 Å². The molecule has 1 heterocycles. The highest BCUT2D eigenvalue weighted by molar-refractivity contribution is 5.15. The summed E-state index contributed by atoms with van der Waals surface area (Å²) in [6, 6.07) is 3.38. The number of hydrogen-bond donors (Lipinski definition) is 0. The first-order valence-electron chi connectivity index (χ1n) is 6.16. The lowest BCUT2D eigenvalue weighted by Gasteiger charge is -2.34. The normalized spacial score (nSPS) is 32.1. The van der Waals surface area contributed by atoms with Crippen LogP contribution in [0.25, 0.3) is 0 Å². The van der Waals surface area contributed by atoms with Crippen LogP contribution in [-0.2, 0) is 0 Å². The summed E-state index contributed by atoms with van der Waals surface area (Å²) < 4.78 is 0. The predicted molar refractivity (Wildman–Crippen MR) is 60.5 cm³/mol. The molecule has 0 N–H and O–H groups in total. The first kappa shape index (κ1) is 10.9. The Morgan fingerprint density at radius 2 is 2.07 bits per heavy atom. The molecule has 2 fully saturated rings. The van der Waals surface area contributed by atoms with Crippen LogP contribution in [0.3, 0.4) is 0 Å². The van der Waals surface area contributed by atoms with Crippen molar-refractivity contribution in [2.24, 2.45) is 0 Å². The van der Waals surface area contributed by atoms with Crippen molar-refractivity contribution in [1.82, 2.24) is 9.80 Å². The minimum atomic E-state index is -0.188. The number of likely N-dealkylation sites (tertiary alicyclic amines) is 1. The molecule has 2 aliphatic rings. The van der Waals surface area contributed by atoms with E-state index in [9.17, 15) is 5.26 Å². The molecule has 0 aromatic rings. The maximum absolute atomic E-state index is 9.45. The second-order valence-electron chi connectivity index (χ2n) is 4.77. The van der Waals surface area contributed by atoms with E-state index >= 15 is 0 Å². The minimum Gasteiger partial charge on any atom is -0.297 e.